The number of benzene rings is 1. The first-order valence-corrected chi connectivity index (χ1v) is 10.9. The van der Waals surface area contributed by atoms with Crippen molar-refractivity contribution < 1.29 is 17.6 Å². The Hall–Kier alpha value is -3.17. The molecule has 1 atom stereocenters. The fourth-order valence-corrected chi connectivity index (χ4v) is 4.03. The summed E-state index contributed by atoms with van der Waals surface area (Å²) in [5.41, 5.74) is 2.40. The van der Waals surface area contributed by atoms with Crippen LogP contribution < -0.4 is 10.2 Å². The third-order valence-corrected chi connectivity index (χ3v) is 5.70. The molecule has 1 N–H and O–H groups in total. The average Bonchev–Trinajstić information content (AvgIpc) is 3.17. The highest BCUT2D eigenvalue weighted by Crippen LogP contribution is 2.35. The number of halogens is 4. The van der Waals surface area contributed by atoms with E-state index in [0.29, 0.717) is 30.2 Å². The quantitative estimate of drug-likeness (QED) is 0.479. The number of pyridine rings is 1. The minimum atomic E-state index is -4.24. The maximum absolute atomic E-state index is 14.8. The highest BCUT2D eigenvalue weighted by molar-refractivity contribution is 5.68. The molecule has 1 aliphatic heterocycles. The van der Waals surface area contributed by atoms with Crippen LogP contribution in [0.15, 0.2) is 36.5 Å². The Morgan fingerprint density at radius 3 is 2.61 bits per heavy atom. The lowest BCUT2D eigenvalue weighted by Crippen LogP contribution is -2.43. The van der Waals surface area contributed by atoms with Gasteiger partial charge in [0.1, 0.15) is 5.82 Å². The summed E-state index contributed by atoms with van der Waals surface area (Å²) >= 11 is 0. The first kappa shape index (κ1) is 23.0. The summed E-state index contributed by atoms with van der Waals surface area (Å²) in [6.07, 6.45) is -2.07. The van der Waals surface area contributed by atoms with E-state index in [4.69, 9.17) is 0 Å². The summed E-state index contributed by atoms with van der Waals surface area (Å²) in [6, 6.07) is 8.15. The van der Waals surface area contributed by atoms with E-state index in [9.17, 15) is 17.6 Å². The van der Waals surface area contributed by atoms with Gasteiger partial charge in [-0.25, -0.2) is 9.07 Å². The fraction of sp³-hybridized carbons (Fsp3) is 0.435. The summed E-state index contributed by atoms with van der Waals surface area (Å²) in [7, 11) is 0. The van der Waals surface area contributed by atoms with Gasteiger partial charge in [-0.05, 0) is 69.5 Å². The van der Waals surface area contributed by atoms with Crippen LogP contribution in [0.5, 0.6) is 0 Å². The molecule has 1 saturated heterocycles. The largest absolute Gasteiger partial charge is 0.393 e. The second kappa shape index (κ2) is 8.99. The molecule has 1 unspecified atom stereocenters. The number of piperidine rings is 1. The van der Waals surface area contributed by atoms with E-state index in [1.807, 2.05) is 20.8 Å². The SMILES string of the molecule is Cc1cc(-c2ccc(Nc3nc(N4CCCC(C(F)(F)F)C4)n(C(C)C)n3)cc2F)ccn1. The van der Waals surface area contributed by atoms with Gasteiger partial charge in [-0.1, -0.05) is 0 Å². The lowest BCUT2D eigenvalue weighted by Gasteiger charge is -2.34. The van der Waals surface area contributed by atoms with Gasteiger partial charge in [0, 0.05) is 36.2 Å². The first-order chi connectivity index (χ1) is 15.6. The zero-order chi connectivity index (χ0) is 23.8. The van der Waals surface area contributed by atoms with Gasteiger partial charge < -0.3 is 10.2 Å². The van der Waals surface area contributed by atoms with Crippen molar-refractivity contribution in [3.05, 3.63) is 48.0 Å². The van der Waals surface area contributed by atoms with E-state index in [0.717, 1.165) is 11.3 Å². The van der Waals surface area contributed by atoms with Crippen LogP contribution in [0.25, 0.3) is 11.1 Å². The molecule has 33 heavy (non-hydrogen) atoms. The van der Waals surface area contributed by atoms with Crippen molar-refractivity contribution in [2.45, 2.75) is 45.8 Å². The van der Waals surface area contributed by atoms with Crippen molar-refractivity contribution in [2.75, 3.05) is 23.3 Å². The smallest absolute Gasteiger partial charge is 0.340 e. The predicted molar refractivity (Wildman–Crippen MR) is 119 cm³/mol. The Balaban J connectivity index is 1.57. The normalized spacial score (nSPS) is 17.0. The summed E-state index contributed by atoms with van der Waals surface area (Å²) in [6.45, 7) is 5.94. The van der Waals surface area contributed by atoms with E-state index < -0.39 is 17.9 Å². The average molecular weight is 462 g/mol. The molecule has 3 heterocycles. The Bertz CT molecular complexity index is 1120. The van der Waals surface area contributed by atoms with Gasteiger partial charge in [-0.3, -0.25) is 4.98 Å². The molecule has 176 valence electrons. The Morgan fingerprint density at radius 1 is 1.15 bits per heavy atom. The van der Waals surface area contributed by atoms with Crippen LogP contribution in [0.2, 0.25) is 0 Å². The van der Waals surface area contributed by atoms with Gasteiger partial charge in [0.25, 0.3) is 0 Å². The van der Waals surface area contributed by atoms with Gasteiger partial charge in [-0.15, -0.1) is 5.10 Å². The zero-order valence-electron chi connectivity index (χ0n) is 18.7. The van der Waals surface area contributed by atoms with Gasteiger partial charge in [-0.2, -0.15) is 18.2 Å². The Labute approximate surface area is 189 Å². The molecule has 0 radical (unpaired) electrons. The second-order valence-electron chi connectivity index (χ2n) is 8.61. The van der Waals surface area contributed by atoms with E-state index in [-0.39, 0.29) is 25.0 Å². The van der Waals surface area contributed by atoms with E-state index in [2.05, 4.69) is 20.4 Å². The van der Waals surface area contributed by atoms with Crippen molar-refractivity contribution >= 4 is 17.6 Å². The Kier molecular flexibility index (Phi) is 6.27. The molecule has 1 aliphatic rings. The lowest BCUT2D eigenvalue weighted by atomic mass is 9.98. The van der Waals surface area contributed by atoms with E-state index >= 15 is 0 Å². The highest BCUT2D eigenvalue weighted by atomic mass is 19.4. The molecule has 6 nitrogen and oxygen atoms in total. The number of alkyl halides is 3. The monoisotopic (exact) mass is 462 g/mol. The van der Waals surface area contributed by atoms with Crippen LogP contribution >= 0.6 is 0 Å². The number of rotatable bonds is 5. The third kappa shape index (κ3) is 5.09. The van der Waals surface area contributed by atoms with Crippen molar-refractivity contribution in [3.8, 4) is 11.1 Å². The number of hydrogen-bond donors (Lipinski definition) is 1. The lowest BCUT2D eigenvalue weighted by molar-refractivity contribution is -0.176. The maximum atomic E-state index is 14.8. The van der Waals surface area contributed by atoms with Crippen LogP contribution in [0.1, 0.15) is 38.4 Å². The summed E-state index contributed by atoms with van der Waals surface area (Å²) in [5.74, 6) is -1.22. The van der Waals surface area contributed by atoms with Crippen molar-refractivity contribution in [1.29, 1.82) is 0 Å². The molecule has 0 spiro atoms. The number of aromatic nitrogens is 4. The fourth-order valence-electron chi connectivity index (χ4n) is 4.03. The van der Waals surface area contributed by atoms with Crippen molar-refractivity contribution in [3.63, 3.8) is 0 Å². The van der Waals surface area contributed by atoms with Gasteiger partial charge >= 0.3 is 6.18 Å². The first-order valence-electron chi connectivity index (χ1n) is 10.9. The number of aryl methyl sites for hydroxylation is 1. The van der Waals surface area contributed by atoms with Crippen LogP contribution in [0.4, 0.5) is 35.1 Å². The minimum absolute atomic E-state index is 0.108. The number of nitrogens with one attached hydrogen (secondary N) is 1. The summed E-state index contributed by atoms with van der Waals surface area (Å²) < 4.78 is 56.2. The van der Waals surface area contributed by atoms with Crippen LogP contribution in [0, 0.1) is 18.7 Å². The van der Waals surface area contributed by atoms with Crippen molar-refractivity contribution in [1.82, 2.24) is 19.7 Å². The number of hydrogen-bond acceptors (Lipinski definition) is 5. The van der Waals surface area contributed by atoms with Crippen LogP contribution in [-0.2, 0) is 0 Å². The topological polar surface area (TPSA) is 58.9 Å². The van der Waals surface area contributed by atoms with Gasteiger partial charge in [0.15, 0.2) is 0 Å². The minimum Gasteiger partial charge on any atom is -0.340 e. The summed E-state index contributed by atoms with van der Waals surface area (Å²) in [5, 5.41) is 7.42. The van der Waals surface area contributed by atoms with E-state index in [1.54, 1.807) is 40.0 Å². The molecule has 0 aliphatic carbocycles. The predicted octanol–water partition coefficient (Wildman–Crippen LogP) is 5.89. The molecule has 3 aromatic rings. The molecule has 4 rings (SSSR count). The molecular weight excluding hydrogens is 436 g/mol. The molecule has 10 heteroatoms. The molecule has 0 amide bonds. The molecule has 1 aromatic carbocycles. The standard InChI is InChI=1S/C23H26F4N6/c1-14(2)33-22(32-10-4-5-17(13-32)23(25,26)27)30-21(31-33)29-18-6-7-19(20(24)12-18)16-8-9-28-15(3)11-16/h6-9,11-12,14,17H,4-5,10,13H2,1-3H3,(H,29,31). The van der Waals surface area contributed by atoms with E-state index in [1.165, 1.54) is 6.07 Å². The molecule has 2 aromatic heterocycles. The zero-order valence-corrected chi connectivity index (χ0v) is 18.7. The number of anilines is 3. The van der Waals surface area contributed by atoms with Crippen molar-refractivity contribution in [2.24, 2.45) is 5.92 Å². The molecular formula is C23H26F4N6. The van der Waals surface area contributed by atoms with Crippen LogP contribution in [-0.4, -0.2) is 39.0 Å². The maximum Gasteiger partial charge on any atom is 0.393 e. The second-order valence-corrected chi connectivity index (χ2v) is 8.61. The number of nitrogens with zero attached hydrogens (tertiary/aromatic N) is 5. The van der Waals surface area contributed by atoms with Crippen LogP contribution in [0.3, 0.4) is 0 Å². The van der Waals surface area contributed by atoms with Gasteiger partial charge in [0.2, 0.25) is 11.9 Å². The molecule has 0 saturated carbocycles. The summed E-state index contributed by atoms with van der Waals surface area (Å²) in [4.78, 5) is 10.2. The Morgan fingerprint density at radius 2 is 1.94 bits per heavy atom. The molecule has 1 fully saturated rings. The highest BCUT2D eigenvalue weighted by Gasteiger charge is 2.42. The molecule has 0 bridgehead atoms. The third-order valence-electron chi connectivity index (χ3n) is 5.70. The van der Waals surface area contributed by atoms with Gasteiger partial charge in [0.05, 0.1) is 12.0 Å².